The minimum absolute atomic E-state index is 0.140. The van der Waals surface area contributed by atoms with Gasteiger partial charge in [0.15, 0.2) is 0 Å². The maximum Gasteiger partial charge on any atom is 0.146 e. The van der Waals surface area contributed by atoms with Gasteiger partial charge in [0, 0.05) is 25.7 Å². The third-order valence-electron chi connectivity index (χ3n) is 5.02. The van der Waals surface area contributed by atoms with Crippen LogP contribution in [0.15, 0.2) is 18.2 Å². The molecule has 0 unspecified atom stereocenters. The summed E-state index contributed by atoms with van der Waals surface area (Å²) >= 11 is 0. The second kappa shape index (κ2) is 7.42. The summed E-state index contributed by atoms with van der Waals surface area (Å²) in [7, 11) is 0. The maximum atomic E-state index is 14.4. The Kier molecular flexibility index (Phi) is 5.32. The quantitative estimate of drug-likeness (QED) is 0.896. The lowest BCUT2D eigenvalue weighted by Gasteiger charge is -2.31. The SMILES string of the molecule is OC1CCN(c2ccc(CNC3CCCCC3)cc2F)CC1. The third kappa shape index (κ3) is 3.99. The predicted octanol–water partition coefficient (Wildman–Crippen LogP) is 3.21. The second-order valence-electron chi connectivity index (χ2n) is 6.72. The Morgan fingerprint density at radius 3 is 2.50 bits per heavy atom. The molecule has 0 atom stereocenters. The van der Waals surface area contributed by atoms with Gasteiger partial charge in [-0.1, -0.05) is 25.3 Å². The van der Waals surface area contributed by atoms with E-state index >= 15 is 0 Å². The van der Waals surface area contributed by atoms with Gasteiger partial charge in [-0.05, 0) is 43.4 Å². The molecule has 3 nitrogen and oxygen atoms in total. The Bertz CT molecular complexity index is 480. The Morgan fingerprint density at radius 1 is 1.09 bits per heavy atom. The molecule has 0 aromatic heterocycles. The summed E-state index contributed by atoms with van der Waals surface area (Å²) in [6.45, 7) is 2.22. The van der Waals surface area contributed by atoms with Gasteiger partial charge in [-0.15, -0.1) is 0 Å². The maximum absolute atomic E-state index is 14.4. The van der Waals surface area contributed by atoms with E-state index < -0.39 is 0 Å². The molecule has 1 aromatic rings. The van der Waals surface area contributed by atoms with E-state index in [1.165, 1.54) is 32.1 Å². The predicted molar refractivity (Wildman–Crippen MR) is 87.6 cm³/mol. The summed E-state index contributed by atoms with van der Waals surface area (Å²) < 4.78 is 14.4. The summed E-state index contributed by atoms with van der Waals surface area (Å²) in [6.07, 6.45) is 7.70. The molecule has 122 valence electrons. The number of nitrogens with one attached hydrogen (secondary N) is 1. The van der Waals surface area contributed by atoms with Gasteiger partial charge in [-0.3, -0.25) is 0 Å². The molecule has 2 fully saturated rings. The van der Waals surface area contributed by atoms with Crippen LogP contribution in [0.4, 0.5) is 10.1 Å². The van der Waals surface area contributed by atoms with Crippen LogP contribution < -0.4 is 10.2 Å². The van der Waals surface area contributed by atoms with Gasteiger partial charge >= 0.3 is 0 Å². The van der Waals surface area contributed by atoms with Crippen molar-refractivity contribution in [3.05, 3.63) is 29.6 Å². The molecular weight excluding hydrogens is 279 g/mol. The van der Waals surface area contributed by atoms with Crippen LogP contribution >= 0.6 is 0 Å². The Hall–Kier alpha value is -1.13. The first-order valence-corrected chi connectivity index (χ1v) is 8.67. The van der Waals surface area contributed by atoms with Gasteiger partial charge in [0.05, 0.1) is 11.8 Å². The average molecular weight is 306 g/mol. The van der Waals surface area contributed by atoms with Gasteiger partial charge in [0.2, 0.25) is 0 Å². The summed E-state index contributed by atoms with van der Waals surface area (Å²) in [5, 5.41) is 13.1. The van der Waals surface area contributed by atoms with Crippen LogP contribution in [0.5, 0.6) is 0 Å². The topological polar surface area (TPSA) is 35.5 Å². The van der Waals surface area contributed by atoms with Crippen LogP contribution in [0.2, 0.25) is 0 Å². The highest BCUT2D eigenvalue weighted by Gasteiger charge is 2.20. The number of benzene rings is 1. The number of anilines is 1. The van der Waals surface area contributed by atoms with Crippen LogP contribution in [0.25, 0.3) is 0 Å². The third-order valence-corrected chi connectivity index (χ3v) is 5.02. The summed E-state index contributed by atoms with van der Waals surface area (Å²) in [5.41, 5.74) is 1.69. The molecular formula is C18H27FN2O. The van der Waals surface area contributed by atoms with Gasteiger partial charge in [0.1, 0.15) is 5.82 Å². The van der Waals surface area contributed by atoms with Crippen molar-refractivity contribution < 1.29 is 9.50 Å². The van der Waals surface area contributed by atoms with Crippen molar-refractivity contribution in [2.75, 3.05) is 18.0 Å². The summed E-state index contributed by atoms with van der Waals surface area (Å²) in [6, 6.07) is 6.18. The first kappa shape index (κ1) is 15.8. The lowest BCUT2D eigenvalue weighted by molar-refractivity contribution is 0.145. The van der Waals surface area contributed by atoms with E-state index in [-0.39, 0.29) is 11.9 Å². The summed E-state index contributed by atoms with van der Waals surface area (Å²) in [5.74, 6) is -0.140. The van der Waals surface area contributed by atoms with Crippen molar-refractivity contribution in [3.63, 3.8) is 0 Å². The number of hydrogen-bond donors (Lipinski definition) is 2. The zero-order valence-electron chi connectivity index (χ0n) is 13.2. The molecule has 2 aliphatic rings. The molecule has 0 spiro atoms. The van der Waals surface area contributed by atoms with Crippen molar-refractivity contribution in [2.24, 2.45) is 0 Å². The van der Waals surface area contributed by atoms with E-state index in [2.05, 4.69) is 5.32 Å². The van der Waals surface area contributed by atoms with Crippen molar-refractivity contribution in [3.8, 4) is 0 Å². The molecule has 4 heteroatoms. The van der Waals surface area contributed by atoms with E-state index in [1.807, 2.05) is 17.0 Å². The van der Waals surface area contributed by atoms with E-state index in [0.29, 0.717) is 11.7 Å². The van der Waals surface area contributed by atoms with Crippen molar-refractivity contribution in [2.45, 2.75) is 63.6 Å². The van der Waals surface area contributed by atoms with Crippen LogP contribution in [-0.4, -0.2) is 30.3 Å². The molecule has 22 heavy (non-hydrogen) atoms. The normalized spacial score (nSPS) is 21.3. The molecule has 1 saturated carbocycles. The number of hydrogen-bond acceptors (Lipinski definition) is 3. The molecule has 0 radical (unpaired) electrons. The molecule has 1 saturated heterocycles. The number of aliphatic hydroxyl groups is 1. The largest absolute Gasteiger partial charge is 0.393 e. The molecule has 2 N–H and O–H groups in total. The standard InChI is InChI=1S/C18H27FN2O/c19-17-12-14(13-20-15-4-2-1-3-5-15)6-7-18(17)21-10-8-16(22)9-11-21/h6-7,12,15-16,20,22H,1-5,8-11,13H2. The molecule has 1 heterocycles. The lowest BCUT2D eigenvalue weighted by atomic mass is 9.95. The van der Waals surface area contributed by atoms with Crippen LogP contribution in [0.3, 0.4) is 0 Å². The summed E-state index contributed by atoms with van der Waals surface area (Å²) in [4.78, 5) is 2.04. The molecule has 1 aliphatic heterocycles. The van der Waals surface area contributed by atoms with E-state index in [1.54, 1.807) is 6.07 Å². The number of aliphatic hydroxyl groups excluding tert-OH is 1. The van der Waals surface area contributed by atoms with Gasteiger partial charge in [0.25, 0.3) is 0 Å². The fourth-order valence-electron chi connectivity index (χ4n) is 3.59. The fourth-order valence-corrected chi connectivity index (χ4v) is 3.59. The highest BCUT2D eigenvalue weighted by atomic mass is 19.1. The zero-order chi connectivity index (χ0) is 15.4. The number of piperidine rings is 1. The Labute approximate surface area is 132 Å². The molecule has 3 rings (SSSR count). The Balaban J connectivity index is 1.57. The molecule has 1 aromatic carbocycles. The van der Waals surface area contributed by atoms with E-state index in [4.69, 9.17) is 0 Å². The first-order valence-electron chi connectivity index (χ1n) is 8.67. The van der Waals surface area contributed by atoms with Gasteiger partial charge in [-0.25, -0.2) is 4.39 Å². The Morgan fingerprint density at radius 2 is 1.82 bits per heavy atom. The van der Waals surface area contributed by atoms with Crippen LogP contribution in [0.1, 0.15) is 50.5 Å². The number of halogens is 1. The van der Waals surface area contributed by atoms with Crippen molar-refractivity contribution >= 4 is 5.69 Å². The molecule has 0 amide bonds. The van der Waals surface area contributed by atoms with E-state index in [9.17, 15) is 9.50 Å². The van der Waals surface area contributed by atoms with Gasteiger partial charge < -0.3 is 15.3 Å². The fraction of sp³-hybridized carbons (Fsp3) is 0.667. The van der Waals surface area contributed by atoms with Gasteiger partial charge in [-0.2, -0.15) is 0 Å². The number of rotatable bonds is 4. The minimum atomic E-state index is -0.224. The highest BCUT2D eigenvalue weighted by molar-refractivity contribution is 5.49. The van der Waals surface area contributed by atoms with Crippen LogP contribution in [0, 0.1) is 5.82 Å². The first-order chi connectivity index (χ1) is 10.7. The zero-order valence-corrected chi connectivity index (χ0v) is 13.2. The van der Waals surface area contributed by atoms with Crippen LogP contribution in [-0.2, 0) is 6.54 Å². The highest BCUT2D eigenvalue weighted by Crippen LogP contribution is 2.24. The minimum Gasteiger partial charge on any atom is -0.393 e. The van der Waals surface area contributed by atoms with Crippen molar-refractivity contribution in [1.29, 1.82) is 0 Å². The molecule has 0 bridgehead atoms. The smallest absolute Gasteiger partial charge is 0.146 e. The number of nitrogens with zero attached hydrogens (tertiary/aromatic N) is 1. The molecule has 1 aliphatic carbocycles. The van der Waals surface area contributed by atoms with E-state index in [0.717, 1.165) is 38.0 Å². The van der Waals surface area contributed by atoms with Crippen molar-refractivity contribution in [1.82, 2.24) is 5.32 Å². The lowest BCUT2D eigenvalue weighted by Crippen LogP contribution is -2.36. The average Bonchev–Trinajstić information content (AvgIpc) is 2.55. The second-order valence-corrected chi connectivity index (χ2v) is 6.72. The monoisotopic (exact) mass is 306 g/mol.